The van der Waals surface area contributed by atoms with Gasteiger partial charge in [-0.05, 0) is 13.8 Å². The summed E-state index contributed by atoms with van der Waals surface area (Å²) >= 11 is 0. The Balaban J connectivity index is 4.25. The van der Waals surface area contributed by atoms with Crippen molar-refractivity contribution in [3.8, 4) is 0 Å². The van der Waals surface area contributed by atoms with E-state index < -0.39 is 9.84 Å². The molecule has 3 heteroatoms. The third-order valence-electron chi connectivity index (χ3n) is 0.933. The molecule has 0 atom stereocenters. The maximum Gasteiger partial charge on any atom is 0.157 e. The van der Waals surface area contributed by atoms with Gasteiger partial charge < -0.3 is 0 Å². The highest BCUT2D eigenvalue weighted by Gasteiger charge is 2.09. The molecule has 0 spiro atoms. The van der Waals surface area contributed by atoms with Crippen molar-refractivity contribution in [2.24, 2.45) is 0 Å². The zero-order valence-electron chi connectivity index (χ0n) is 7.05. The van der Waals surface area contributed by atoms with Gasteiger partial charge in [0.25, 0.3) is 0 Å². The summed E-state index contributed by atoms with van der Waals surface area (Å²) in [4.78, 5) is 0. The zero-order chi connectivity index (χ0) is 9.07. The van der Waals surface area contributed by atoms with Gasteiger partial charge in [-0.25, -0.2) is 8.42 Å². The molecule has 0 aliphatic rings. The van der Waals surface area contributed by atoms with Crippen LogP contribution in [0.1, 0.15) is 13.8 Å². The standard InChI is InChI=1S/C8H14O2S/c1-7(2)5-11(9,10)6-8(3)4/h1,3,5-6H2,2,4H3. The first-order valence-corrected chi connectivity index (χ1v) is 5.15. The lowest BCUT2D eigenvalue weighted by Crippen LogP contribution is -2.11. The van der Waals surface area contributed by atoms with E-state index in [2.05, 4.69) is 13.2 Å². The van der Waals surface area contributed by atoms with Crippen LogP contribution in [0.25, 0.3) is 0 Å². The van der Waals surface area contributed by atoms with Crippen LogP contribution in [0, 0.1) is 0 Å². The van der Waals surface area contributed by atoms with Gasteiger partial charge in [0.15, 0.2) is 9.84 Å². The molecule has 2 nitrogen and oxygen atoms in total. The van der Waals surface area contributed by atoms with Gasteiger partial charge in [0.1, 0.15) is 0 Å². The van der Waals surface area contributed by atoms with Crippen molar-refractivity contribution in [3.05, 3.63) is 24.3 Å². The third-order valence-corrected chi connectivity index (χ3v) is 2.80. The van der Waals surface area contributed by atoms with Crippen molar-refractivity contribution in [1.29, 1.82) is 0 Å². The van der Waals surface area contributed by atoms with Gasteiger partial charge in [-0.1, -0.05) is 24.3 Å². The van der Waals surface area contributed by atoms with E-state index in [4.69, 9.17) is 0 Å². The van der Waals surface area contributed by atoms with Crippen LogP contribution in [0.3, 0.4) is 0 Å². The largest absolute Gasteiger partial charge is 0.228 e. The van der Waals surface area contributed by atoms with E-state index in [1.807, 2.05) is 0 Å². The minimum absolute atomic E-state index is 0.0693. The summed E-state index contributed by atoms with van der Waals surface area (Å²) in [6, 6.07) is 0. The molecule has 0 rings (SSSR count). The highest BCUT2D eigenvalue weighted by molar-refractivity contribution is 7.91. The number of rotatable bonds is 4. The Kier molecular flexibility index (Phi) is 3.52. The van der Waals surface area contributed by atoms with Crippen LogP contribution in [0.2, 0.25) is 0 Å². The molecule has 0 amide bonds. The quantitative estimate of drug-likeness (QED) is 0.606. The molecule has 0 aromatic rings. The Bertz CT molecular complexity index is 238. The summed E-state index contributed by atoms with van der Waals surface area (Å²) in [5, 5.41) is 0. The summed E-state index contributed by atoms with van der Waals surface area (Å²) in [5.74, 6) is 0.139. The first kappa shape index (κ1) is 10.4. The lowest BCUT2D eigenvalue weighted by molar-refractivity contribution is 0.600. The number of hydrogen-bond acceptors (Lipinski definition) is 2. The second kappa shape index (κ2) is 3.72. The monoisotopic (exact) mass is 174 g/mol. The Morgan fingerprint density at radius 1 is 1.09 bits per heavy atom. The van der Waals surface area contributed by atoms with Crippen molar-refractivity contribution in [2.75, 3.05) is 11.5 Å². The maximum absolute atomic E-state index is 11.1. The molecule has 0 heterocycles. The summed E-state index contributed by atoms with van der Waals surface area (Å²) in [5.41, 5.74) is 1.34. The minimum Gasteiger partial charge on any atom is -0.228 e. The molecule has 0 saturated carbocycles. The molecule has 0 saturated heterocycles. The molecule has 0 aromatic heterocycles. The lowest BCUT2D eigenvalue weighted by Gasteiger charge is -2.01. The number of hydrogen-bond donors (Lipinski definition) is 0. The van der Waals surface area contributed by atoms with Crippen LogP contribution >= 0.6 is 0 Å². The van der Waals surface area contributed by atoms with Gasteiger partial charge in [0.05, 0.1) is 11.5 Å². The fraction of sp³-hybridized carbons (Fsp3) is 0.500. The second-order valence-electron chi connectivity index (χ2n) is 2.95. The molecular formula is C8H14O2S. The van der Waals surface area contributed by atoms with E-state index in [1.54, 1.807) is 13.8 Å². The van der Waals surface area contributed by atoms with Gasteiger partial charge in [0, 0.05) is 0 Å². The average Bonchev–Trinajstić information content (AvgIpc) is 1.53. The maximum atomic E-state index is 11.1. The molecular weight excluding hydrogens is 160 g/mol. The smallest absolute Gasteiger partial charge is 0.157 e. The topological polar surface area (TPSA) is 34.1 Å². The zero-order valence-corrected chi connectivity index (χ0v) is 7.87. The third kappa shape index (κ3) is 5.85. The first-order valence-electron chi connectivity index (χ1n) is 3.32. The fourth-order valence-electron chi connectivity index (χ4n) is 0.802. The van der Waals surface area contributed by atoms with E-state index in [1.165, 1.54) is 0 Å². The Labute approximate surface area is 68.5 Å². The van der Waals surface area contributed by atoms with Crippen LogP contribution in [0.15, 0.2) is 24.3 Å². The van der Waals surface area contributed by atoms with Crippen LogP contribution in [-0.4, -0.2) is 19.9 Å². The molecule has 11 heavy (non-hydrogen) atoms. The molecule has 0 aromatic carbocycles. The van der Waals surface area contributed by atoms with E-state index in [9.17, 15) is 8.42 Å². The van der Waals surface area contributed by atoms with Crippen LogP contribution in [-0.2, 0) is 9.84 Å². The molecule has 0 unspecified atom stereocenters. The van der Waals surface area contributed by atoms with Crippen molar-refractivity contribution in [2.45, 2.75) is 13.8 Å². The summed E-state index contributed by atoms with van der Waals surface area (Å²) in [6.07, 6.45) is 0. The molecule has 0 bridgehead atoms. The lowest BCUT2D eigenvalue weighted by atomic mass is 10.4. The summed E-state index contributed by atoms with van der Waals surface area (Å²) in [7, 11) is -2.98. The average molecular weight is 174 g/mol. The van der Waals surface area contributed by atoms with Crippen LogP contribution < -0.4 is 0 Å². The first-order chi connectivity index (χ1) is 4.83. The van der Waals surface area contributed by atoms with Crippen LogP contribution in [0.5, 0.6) is 0 Å². The van der Waals surface area contributed by atoms with E-state index in [0.29, 0.717) is 11.1 Å². The second-order valence-corrected chi connectivity index (χ2v) is 5.01. The Morgan fingerprint density at radius 2 is 1.36 bits per heavy atom. The fourth-order valence-corrected chi connectivity index (χ4v) is 2.41. The predicted octanol–water partition coefficient (Wildman–Crippen LogP) is 1.55. The highest BCUT2D eigenvalue weighted by Crippen LogP contribution is 2.02. The van der Waals surface area contributed by atoms with Crippen molar-refractivity contribution >= 4 is 9.84 Å². The van der Waals surface area contributed by atoms with Crippen LogP contribution in [0.4, 0.5) is 0 Å². The molecule has 64 valence electrons. The molecule has 0 fully saturated rings. The molecule has 0 radical (unpaired) electrons. The highest BCUT2D eigenvalue weighted by atomic mass is 32.2. The van der Waals surface area contributed by atoms with Gasteiger partial charge in [-0.3, -0.25) is 0 Å². The van der Waals surface area contributed by atoms with Gasteiger partial charge in [-0.15, -0.1) is 0 Å². The van der Waals surface area contributed by atoms with E-state index in [-0.39, 0.29) is 11.5 Å². The van der Waals surface area contributed by atoms with Crippen molar-refractivity contribution < 1.29 is 8.42 Å². The summed E-state index contributed by atoms with van der Waals surface area (Å²) < 4.78 is 22.3. The van der Waals surface area contributed by atoms with Gasteiger partial charge >= 0.3 is 0 Å². The SMILES string of the molecule is C=C(C)CS(=O)(=O)CC(=C)C. The Hall–Kier alpha value is -0.570. The molecule has 0 aliphatic carbocycles. The van der Waals surface area contributed by atoms with Crippen molar-refractivity contribution in [3.63, 3.8) is 0 Å². The van der Waals surface area contributed by atoms with Gasteiger partial charge in [0.2, 0.25) is 0 Å². The van der Waals surface area contributed by atoms with E-state index >= 15 is 0 Å². The summed E-state index contributed by atoms with van der Waals surface area (Å²) in [6.45, 7) is 10.5. The van der Waals surface area contributed by atoms with Crippen molar-refractivity contribution in [1.82, 2.24) is 0 Å². The molecule has 0 N–H and O–H groups in total. The molecule has 0 aliphatic heterocycles. The number of sulfone groups is 1. The van der Waals surface area contributed by atoms with E-state index in [0.717, 1.165) is 0 Å². The van der Waals surface area contributed by atoms with Gasteiger partial charge in [-0.2, -0.15) is 0 Å². The predicted molar refractivity (Wildman–Crippen MR) is 48.3 cm³/mol. The Morgan fingerprint density at radius 3 is 1.55 bits per heavy atom. The minimum atomic E-state index is -2.98. The normalized spacial score (nSPS) is 11.1.